The van der Waals surface area contributed by atoms with Crippen molar-refractivity contribution in [3.8, 4) is 0 Å². The molecule has 6 heteroatoms. The third-order valence-electron chi connectivity index (χ3n) is 2.35. The Morgan fingerprint density at radius 3 is 2.44 bits per heavy atom. The summed E-state index contributed by atoms with van der Waals surface area (Å²) in [7, 11) is 0. The lowest BCUT2D eigenvalue weighted by molar-refractivity contribution is 0.0948. The van der Waals surface area contributed by atoms with E-state index < -0.39 is 5.91 Å². The van der Waals surface area contributed by atoms with Crippen LogP contribution >= 0.6 is 11.3 Å². The molecule has 1 heterocycles. The van der Waals surface area contributed by atoms with E-state index in [0.29, 0.717) is 17.7 Å². The van der Waals surface area contributed by atoms with Gasteiger partial charge in [-0.1, -0.05) is 0 Å². The van der Waals surface area contributed by atoms with Crippen molar-refractivity contribution < 1.29 is 9.59 Å². The normalized spacial score (nSPS) is 10.0. The van der Waals surface area contributed by atoms with Gasteiger partial charge in [-0.15, -0.1) is 11.3 Å². The van der Waals surface area contributed by atoms with Crippen LogP contribution in [0.15, 0.2) is 35.2 Å². The summed E-state index contributed by atoms with van der Waals surface area (Å²) in [5.74, 6) is -0.719. The average molecular weight is 261 g/mol. The second-order valence-corrected chi connectivity index (χ2v) is 4.32. The molecule has 1 aromatic heterocycles. The van der Waals surface area contributed by atoms with Crippen LogP contribution in [-0.4, -0.2) is 16.8 Å². The van der Waals surface area contributed by atoms with Gasteiger partial charge < -0.3 is 11.1 Å². The van der Waals surface area contributed by atoms with E-state index in [-0.39, 0.29) is 5.91 Å². The molecule has 0 aliphatic carbocycles. The smallest absolute Gasteiger partial charge is 0.251 e. The van der Waals surface area contributed by atoms with E-state index in [2.05, 4.69) is 10.3 Å². The summed E-state index contributed by atoms with van der Waals surface area (Å²) in [6.07, 6.45) is 0. The fourth-order valence-corrected chi connectivity index (χ4v) is 1.94. The number of nitrogens with two attached hydrogens (primary N) is 1. The van der Waals surface area contributed by atoms with E-state index in [4.69, 9.17) is 5.73 Å². The van der Waals surface area contributed by atoms with E-state index in [1.807, 2.05) is 5.38 Å². The molecular weight excluding hydrogens is 250 g/mol. The van der Waals surface area contributed by atoms with Crippen molar-refractivity contribution in [2.75, 3.05) is 0 Å². The van der Waals surface area contributed by atoms with Crippen LogP contribution in [0, 0.1) is 0 Å². The summed E-state index contributed by atoms with van der Waals surface area (Å²) in [5.41, 5.74) is 8.51. The molecule has 92 valence electrons. The lowest BCUT2D eigenvalue weighted by Gasteiger charge is -2.03. The van der Waals surface area contributed by atoms with E-state index in [9.17, 15) is 9.59 Å². The molecule has 18 heavy (non-hydrogen) atoms. The number of primary amides is 1. The van der Waals surface area contributed by atoms with E-state index in [1.165, 1.54) is 23.5 Å². The standard InChI is InChI=1S/C12H11N3O2S/c13-11(16)8-1-3-9(4-2-8)12(17)14-5-10-6-18-7-15-10/h1-4,6-7H,5H2,(H2,13,16)(H,14,17). The van der Waals surface area contributed by atoms with E-state index in [1.54, 1.807) is 17.6 Å². The highest BCUT2D eigenvalue weighted by Crippen LogP contribution is 2.05. The number of carbonyl (C=O) groups excluding carboxylic acids is 2. The van der Waals surface area contributed by atoms with Gasteiger partial charge in [0.25, 0.3) is 5.91 Å². The highest BCUT2D eigenvalue weighted by Gasteiger charge is 2.07. The molecule has 0 saturated carbocycles. The minimum atomic E-state index is -0.510. The zero-order valence-electron chi connectivity index (χ0n) is 9.42. The number of hydrogen-bond acceptors (Lipinski definition) is 4. The molecule has 0 unspecified atom stereocenters. The summed E-state index contributed by atoms with van der Waals surface area (Å²) in [5, 5.41) is 4.61. The van der Waals surface area contributed by atoms with Crippen LogP contribution in [0.5, 0.6) is 0 Å². The van der Waals surface area contributed by atoms with E-state index >= 15 is 0 Å². The molecule has 0 atom stereocenters. The van der Waals surface area contributed by atoms with Crippen LogP contribution in [0.4, 0.5) is 0 Å². The molecule has 0 radical (unpaired) electrons. The zero-order valence-corrected chi connectivity index (χ0v) is 10.2. The molecule has 2 aromatic rings. The minimum absolute atomic E-state index is 0.209. The zero-order chi connectivity index (χ0) is 13.0. The summed E-state index contributed by atoms with van der Waals surface area (Å²) < 4.78 is 0. The highest BCUT2D eigenvalue weighted by atomic mass is 32.1. The molecule has 5 nitrogen and oxygen atoms in total. The van der Waals surface area contributed by atoms with Gasteiger partial charge >= 0.3 is 0 Å². The molecule has 1 aromatic carbocycles. The molecule has 0 fully saturated rings. The number of thiazole rings is 1. The monoisotopic (exact) mass is 261 g/mol. The number of aromatic nitrogens is 1. The fourth-order valence-electron chi connectivity index (χ4n) is 1.38. The first-order chi connectivity index (χ1) is 8.66. The Balaban J connectivity index is 1.98. The topological polar surface area (TPSA) is 85.1 Å². The quantitative estimate of drug-likeness (QED) is 0.866. The molecule has 2 rings (SSSR count). The first-order valence-electron chi connectivity index (χ1n) is 5.22. The Hall–Kier alpha value is -2.21. The largest absolute Gasteiger partial charge is 0.366 e. The van der Waals surface area contributed by atoms with Crippen molar-refractivity contribution in [3.05, 3.63) is 52.0 Å². The Morgan fingerprint density at radius 2 is 1.89 bits per heavy atom. The number of carbonyl (C=O) groups is 2. The van der Waals surface area contributed by atoms with Gasteiger partial charge in [-0.3, -0.25) is 9.59 Å². The van der Waals surface area contributed by atoms with Crippen molar-refractivity contribution in [1.82, 2.24) is 10.3 Å². The van der Waals surface area contributed by atoms with Crippen LogP contribution in [0.3, 0.4) is 0 Å². The molecule has 0 aliphatic rings. The van der Waals surface area contributed by atoms with Crippen LogP contribution in [-0.2, 0) is 6.54 Å². The van der Waals surface area contributed by atoms with Gasteiger partial charge in [-0.25, -0.2) is 4.98 Å². The van der Waals surface area contributed by atoms with Crippen molar-refractivity contribution >= 4 is 23.2 Å². The number of benzene rings is 1. The van der Waals surface area contributed by atoms with Gasteiger partial charge in [-0.05, 0) is 24.3 Å². The summed E-state index contributed by atoms with van der Waals surface area (Å²) in [6.45, 7) is 0.389. The van der Waals surface area contributed by atoms with Crippen molar-refractivity contribution in [3.63, 3.8) is 0 Å². The summed E-state index contributed by atoms with van der Waals surface area (Å²) in [4.78, 5) is 26.7. The molecule has 0 aliphatic heterocycles. The predicted molar refractivity (Wildman–Crippen MR) is 68.2 cm³/mol. The first kappa shape index (κ1) is 12.3. The van der Waals surface area contributed by atoms with Gasteiger partial charge in [-0.2, -0.15) is 0 Å². The van der Waals surface area contributed by atoms with Gasteiger partial charge in [0.1, 0.15) is 0 Å². The van der Waals surface area contributed by atoms with E-state index in [0.717, 1.165) is 5.69 Å². The Labute approximate surface area is 108 Å². The SMILES string of the molecule is NC(=O)c1ccc(C(=O)NCc2cscn2)cc1. The van der Waals surface area contributed by atoms with Gasteiger partial charge in [0.15, 0.2) is 0 Å². The van der Waals surface area contributed by atoms with Crippen LogP contribution in [0.25, 0.3) is 0 Å². The number of rotatable bonds is 4. The molecule has 2 amide bonds. The minimum Gasteiger partial charge on any atom is -0.366 e. The fraction of sp³-hybridized carbons (Fsp3) is 0.0833. The first-order valence-corrected chi connectivity index (χ1v) is 6.16. The number of amides is 2. The summed E-state index contributed by atoms with van der Waals surface area (Å²) in [6, 6.07) is 6.19. The van der Waals surface area contributed by atoms with Crippen LogP contribution in [0.1, 0.15) is 26.4 Å². The maximum absolute atomic E-state index is 11.8. The van der Waals surface area contributed by atoms with Gasteiger partial charge in [0.05, 0.1) is 17.7 Å². The van der Waals surface area contributed by atoms with Crippen molar-refractivity contribution in [2.24, 2.45) is 5.73 Å². The van der Waals surface area contributed by atoms with Gasteiger partial charge in [0, 0.05) is 16.5 Å². The molecule has 0 spiro atoms. The predicted octanol–water partition coefficient (Wildman–Crippen LogP) is 1.17. The highest BCUT2D eigenvalue weighted by molar-refractivity contribution is 7.07. The second kappa shape index (κ2) is 5.42. The van der Waals surface area contributed by atoms with Crippen LogP contribution in [0.2, 0.25) is 0 Å². The molecular formula is C12H11N3O2S. The van der Waals surface area contributed by atoms with Crippen molar-refractivity contribution in [1.29, 1.82) is 0 Å². The Kier molecular flexibility index (Phi) is 3.69. The summed E-state index contributed by atoms with van der Waals surface area (Å²) >= 11 is 1.48. The number of nitrogens with one attached hydrogen (secondary N) is 1. The Morgan fingerprint density at radius 1 is 1.22 bits per heavy atom. The average Bonchev–Trinajstić information content (AvgIpc) is 2.89. The lowest BCUT2D eigenvalue weighted by atomic mass is 10.1. The lowest BCUT2D eigenvalue weighted by Crippen LogP contribution is -2.23. The van der Waals surface area contributed by atoms with Crippen molar-refractivity contribution in [2.45, 2.75) is 6.54 Å². The maximum atomic E-state index is 11.8. The number of nitrogens with zero attached hydrogens (tertiary/aromatic N) is 1. The van der Waals surface area contributed by atoms with Crippen LogP contribution < -0.4 is 11.1 Å². The van der Waals surface area contributed by atoms with Gasteiger partial charge in [0.2, 0.25) is 5.91 Å². The Bertz CT molecular complexity index is 549. The molecule has 3 N–H and O–H groups in total. The second-order valence-electron chi connectivity index (χ2n) is 3.60. The maximum Gasteiger partial charge on any atom is 0.251 e. The molecule has 0 saturated heterocycles. The third-order valence-corrected chi connectivity index (χ3v) is 2.98. The molecule has 0 bridgehead atoms. The third kappa shape index (κ3) is 2.92. The number of hydrogen-bond donors (Lipinski definition) is 2.